The van der Waals surface area contributed by atoms with Crippen LogP contribution in [0.2, 0.25) is 10.4 Å². The molecule has 4 fully saturated rings. The third-order valence-corrected chi connectivity index (χ3v) is 14.4. The molecule has 4 rings (SSSR count). The number of nitrogens with one attached hydrogen (secondary N) is 1. The quantitative estimate of drug-likeness (QED) is 0.250. The summed E-state index contributed by atoms with van der Waals surface area (Å²) < 4.78 is 0. The standard InChI is InChI=1S/C28H54B7NO5/c1-5-14-20(38)19-16-8-7-15(13(2)6-9-18(37)36-27(33,34)22(39)40)23(16,3)11-10-17(19)24(4)12-25(29,30)28(35,41)26(31,32)21(14)24/h13-17,19-21,38,41H,5-12,29-35H2,1-4H3,(H,36,37)(H,39,40)/t13-,14+,15?,16?,17?,19?,20-,21+,23-,24-,28+/m1/s1. The molecule has 1 amide bonds. The largest absolute Gasteiger partial charge is 0.481 e. The Balaban J connectivity index is 1.59. The van der Waals surface area contributed by atoms with Crippen molar-refractivity contribution in [3.8, 4) is 0 Å². The third-order valence-electron chi connectivity index (χ3n) is 14.4. The van der Waals surface area contributed by atoms with Gasteiger partial charge in [0.25, 0.3) is 0 Å². The fourth-order valence-corrected chi connectivity index (χ4v) is 12.0. The molecule has 6 nitrogen and oxygen atoms in total. The maximum absolute atomic E-state index is 12.6. The van der Waals surface area contributed by atoms with E-state index in [1.807, 2.05) is 7.85 Å². The van der Waals surface area contributed by atoms with Crippen LogP contribution in [-0.4, -0.2) is 99.1 Å². The number of carbonyl (C=O) groups is 2. The summed E-state index contributed by atoms with van der Waals surface area (Å²) in [6, 6.07) is 0. The van der Waals surface area contributed by atoms with Gasteiger partial charge in [-0.05, 0) is 84.4 Å². The van der Waals surface area contributed by atoms with Crippen LogP contribution in [0.5, 0.6) is 0 Å². The van der Waals surface area contributed by atoms with E-state index in [9.17, 15) is 24.9 Å². The number of hydrogen-bond acceptors (Lipinski definition) is 4. The molecule has 0 aromatic carbocycles. The number of fused-ring (bicyclic) bond motifs is 5. The highest BCUT2D eigenvalue weighted by Gasteiger charge is 2.71. The van der Waals surface area contributed by atoms with Crippen molar-refractivity contribution in [1.82, 2.24) is 5.32 Å². The average molecular weight is 560 g/mol. The molecule has 13 heteroatoms. The molecule has 4 unspecified atom stereocenters. The summed E-state index contributed by atoms with van der Waals surface area (Å²) in [5.41, 5.74) is -0.641. The van der Waals surface area contributed by atoms with Gasteiger partial charge >= 0.3 is 5.97 Å². The second kappa shape index (κ2) is 10.5. The molecular weight excluding hydrogens is 506 g/mol. The number of carboxylic acids is 1. The highest BCUT2D eigenvalue weighted by Crippen LogP contribution is 2.75. The number of amides is 1. The molecule has 0 heterocycles. The van der Waals surface area contributed by atoms with Crippen LogP contribution in [0.15, 0.2) is 0 Å². The molecule has 4 saturated carbocycles. The van der Waals surface area contributed by atoms with Crippen molar-refractivity contribution in [2.45, 2.75) is 106 Å². The van der Waals surface area contributed by atoms with E-state index in [2.05, 4.69) is 64.4 Å². The van der Waals surface area contributed by atoms with Gasteiger partial charge in [0, 0.05) is 11.9 Å². The summed E-state index contributed by atoms with van der Waals surface area (Å²) in [5, 5.41) is 34.5. The molecule has 41 heavy (non-hydrogen) atoms. The van der Waals surface area contributed by atoms with Gasteiger partial charge in [0.15, 0.2) is 0 Å². The average Bonchev–Trinajstić information content (AvgIpc) is 3.19. The number of carboxylic acid groups (broad SMARTS) is 1. The Morgan fingerprint density at radius 2 is 1.61 bits per heavy atom. The Morgan fingerprint density at radius 1 is 1.02 bits per heavy atom. The predicted molar refractivity (Wildman–Crippen MR) is 184 cm³/mol. The fourth-order valence-electron chi connectivity index (χ4n) is 12.0. The van der Waals surface area contributed by atoms with Gasteiger partial charge < -0.3 is 20.6 Å². The lowest BCUT2D eigenvalue weighted by molar-refractivity contribution is -0.214. The zero-order valence-electron chi connectivity index (χ0n) is 27.9. The predicted octanol–water partition coefficient (Wildman–Crippen LogP) is -2.90. The smallest absolute Gasteiger partial charge is 0.311 e. The van der Waals surface area contributed by atoms with Crippen LogP contribution in [-0.2, 0) is 9.59 Å². The Bertz CT molecular complexity index is 1060. The van der Waals surface area contributed by atoms with Crippen LogP contribution >= 0.6 is 0 Å². The maximum atomic E-state index is 12.6. The van der Waals surface area contributed by atoms with E-state index in [1.165, 1.54) is 15.7 Å². The molecule has 0 aromatic heterocycles. The first kappa shape index (κ1) is 33.2. The van der Waals surface area contributed by atoms with E-state index in [0.29, 0.717) is 30.1 Å². The minimum atomic E-state index is -1.26. The molecular formula is C28H54B7NO5. The molecule has 0 saturated heterocycles. The first-order chi connectivity index (χ1) is 18.6. The maximum Gasteiger partial charge on any atom is 0.311 e. The van der Waals surface area contributed by atoms with Crippen molar-refractivity contribution in [2.75, 3.05) is 0 Å². The van der Waals surface area contributed by atoms with Gasteiger partial charge in [0.1, 0.15) is 54.9 Å². The van der Waals surface area contributed by atoms with Crippen molar-refractivity contribution in [2.24, 2.45) is 52.3 Å². The van der Waals surface area contributed by atoms with E-state index in [1.54, 1.807) is 0 Å². The van der Waals surface area contributed by atoms with Crippen molar-refractivity contribution < 1.29 is 24.9 Å². The van der Waals surface area contributed by atoms with Crippen molar-refractivity contribution >= 4 is 66.8 Å². The van der Waals surface area contributed by atoms with E-state index in [-0.39, 0.29) is 51.0 Å². The third kappa shape index (κ3) is 4.84. The van der Waals surface area contributed by atoms with Gasteiger partial charge in [-0.25, -0.2) is 0 Å². The lowest BCUT2D eigenvalue weighted by Crippen LogP contribution is -2.72. The second-order valence-corrected chi connectivity index (χ2v) is 17.4. The summed E-state index contributed by atoms with van der Waals surface area (Å²) in [4.78, 5) is 24.1. The van der Waals surface area contributed by atoms with Crippen LogP contribution in [0.4, 0.5) is 0 Å². The van der Waals surface area contributed by atoms with Gasteiger partial charge in [0.2, 0.25) is 5.91 Å². The van der Waals surface area contributed by atoms with Gasteiger partial charge in [-0.1, -0.05) is 51.0 Å². The highest BCUT2D eigenvalue weighted by molar-refractivity contribution is 6.52. The molecule has 0 radical (unpaired) electrons. The van der Waals surface area contributed by atoms with Gasteiger partial charge in [-0.3, -0.25) is 9.59 Å². The summed E-state index contributed by atoms with van der Waals surface area (Å²) in [6.45, 7) is 9.49. The van der Waals surface area contributed by atoms with E-state index in [0.717, 1.165) is 44.9 Å². The number of rotatable bonds is 7. The lowest BCUT2D eigenvalue weighted by Gasteiger charge is -2.74. The van der Waals surface area contributed by atoms with Crippen LogP contribution in [0.1, 0.15) is 79.1 Å². The van der Waals surface area contributed by atoms with E-state index >= 15 is 0 Å². The Kier molecular flexibility index (Phi) is 8.47. The van der Waals surface area contributed by atoms with Gasteiger partial charge in [0.05, 0.1) is 11.4 Å². The summed E-state index contributed by atoms with van der Waals surface area (Å²) >= 11 is 0. The van der Waals surface area contributed by atoms with E-state index < -0.39 is 16.8 Å². The monoisotopic (exact) mass is 561 g/mol. The molecule has 0 aliphatic heterocycles. The van der Waals surface area contributed by atoms with Gasteiger partial charge in [-0.15, -0.1) is 0 Å². The first-order valence-corrected chi connectivity index (χ1v) is 16.5. The summed E-state index contributed by atoms with van der Waals surface area (Å²) in [7, 11) is 14.1. The second-order valence-electron chi connectivity index (χ2n) is 17.4. The number of hydrogen-bond donors (Lipinski definition) is 4. The van der Waals surface area contributed by atoms with Crippen LogP contribution < -0.4 is 5.32 Å². The zero-order chi connectivity index (χ0) is 31.1. The molecule has 0 spiro atoms. The minimum absolute atomic E-state index is 0.0554. The SMILES string of the molecule is BC(B)(NC(=O)CC[C@@H](C)C1CCC2C3C(CC[C@@]21C)[C@@]1(C)CC(B)(B)[C@](B)(O)C(B)(B)[C@H]1[C@@H](CC)[C@H]3O)C(=O)O. The molecule has 4 N–H and O–H groups in total. The number of aliphatic hydroxyl groups is 2. The molecule has 0 bridgehead atoms. The van der Waals surface area contributed by atoms with Crippen LogP contribution in [0.25, 0.3) is 0 Å². The zero-order valence-corrected chi connectivity index (χ0v) is 27.9. The highest BCUT2D eigenvalue weighted by atomic mass is 16.4. The summed E-state index contributed by atoms with van der Waals surface area (Å²) in [6.07, 6.45) is 7.16. The molecule has 11 atom stereocenters. The van der Waals surface area contributed by atoms with Crippen molar-refractivity contribution in [1.29, 1.82) is 0 Å². The van der Waals surface area contributed by atoms with E-state index in [4.69, 9.17) is 0 Å². The fraction of sp³-hybridized carbons (Fsp3) is 0.929. The Hall–Kier alpha value is -0.685. The molecule has 0 aromatic rings. The molecule has 4 aliphatic carbocycles. The molecule has 222 valence electrons. The number of aliphatic hydroxyl groups excluding tert-OH is 1. The minimum Gasteiger partial charge on any atom is -0.481 e. The topological polar surface area (TPSA) is 107 Å². The number of aliphatic carboxylic acids is 1. The van der Waals surface area contributed by atoms with Crippen molar-refractivity contribution in [3.05, 3.63) is 0 Å². The lowest BCUT2D eigenvalue weighted by atomic mass is 9.17. The Morgan fingerprint density at radius 3 is 2.17 bits per heavy atom. The van der Waals surface area contributed by atoms with Crippen molar-refractivity contribution in [3.63, 3.8) is 0 Å². The van der Waals surface area contributed by atoms with Crippen LogP contribution in [0, 0.1) is 52.3 Å². The molecule has 4 aliphatic rings. The number of carbonyl (C=O) groups excluding carboxylic acids is 1. The van der Waals surface area contributed by atoms with Gasteiger partial charge in [-0.2, -0.15) is 0 Å². The van der Waals surface area contributed by atoms with Crippen LogP contribution in [0.3, 0.4) is 0 Å². The Labute approximate surface area is 255 Å². The summed E-state index contributed by atoms with van der Waals surface area (Å²) in [5.74, 6) is 1.22. The normalized spacial score (nSPS) is 45.5. The first-order valence-electron chi connectivity index (χ1n) is 16.5.